The number of carbonyl (C=O) groups excluding carboxylic acids is 5. The molecule has 0 radical (unpaired) electrons. The van der Waals surface area contributed by atoms with Gasteiger partial charge >= 0.3 is 17.9 Å². The molecular formula is C33H42O10. The van der Waals surface area contributed by atoms with Crippen molar-refractivity contribution in [1.82, 2.24) is 0 Å². The fourth-order valence-corrected chi connectivity index (χ4v) is 8.86. The molecule has 9 atom stereocenters. The van der Waals surface area contributed by atoms with Crippen LogP contribution in [-0.4, -0.2) is 66.8 Å². The van der Waals surface area contributed by atoms with Gasteiger partial charge in [-0.3, -0.25) is 19.2 Å². The summed E-state index contributed by atoms with van der Waals surface area (Å²) in [6.45, 7) is 11.1. The van der Waals surface area contributed by atoms with Gasteiger partial charge in [0, 0.05) is 17.3 Å². The number of allylic oxidation sites excluding steroid dienone is 2. The van der Waals surface area contributed by atoms with Crippen molar-refractivity contribution in [3.05, 3.63) is 34.9 Å². The van der Waals surface area contributed by atoms with E-state index in [1.54, 1.807) is 19.9 Å². The monoisotopic (exact) mass is 598 g/mol. The lowest BCUT2D eigenvalue weighted by molar-refractivity contribution is -0.192. The Morgan fingerprint density at radius 3 is 2.40 bits per heavy atom. The van der Waals surface area contributed by atoms with Crippen molar-refractivity contribution in [3.63, 3.8) is 0 Å². The minimum absolute atomic E-state index is 0.00679. The summed E-state index contributed by atoms with van der Waals surface area (Å²) in [6, 6.07) is 0. The van der Waals surface area contributed by atoms with E-state index in [1.807, 2.05) is 33.8 Å². The van der Waals surface area contributed by atoms with Crippen LogP contribution in [0.2, 0.25) is 0 Å². The number of methoxy groups -OCH3 is 1. The molecule has 0 amide bonds. The molecule has 5 rings (SSSR count). The summed E-state index contributed by atoms with van der Waals surface area (Å²) in [4.78, 5) is 65.8. The summed E-state index contributed by atoms with van der Waals surface area (Å²) in [5, 5.41) is 9.96. The first kappa shape index (κ1) is 31.3. The maximum Gasteiger partial charge on any atom is 0.340 e. The van der Waals surface area contributed by atoms with E-state index in [0.29, 0.717) is 18.4 Å². The van der Waals surface area contributed by atoms with E-state index in [2.05, 4.69) is 0 Å². The molecule has 3 fully saturated rings. The summed E-state index contributed by atoms with van der Waals surface area (Å²) in [7, 11) is 1.32. The molecule has 10 nitrogen and oxygen atoms in total. The molecule has 0 spiro atoms. The first-order valence-electron chi connectivity index (χ1n) is 15.0. The second-order valence-corrected chi connectivity index (χ2v) is 13.8. The fourth-order valence-electron chi connectivity index (χ4n) is 8.86. The van der Waals surface area contributed by atoms with Gasteiger partial charge in [-0.2, -0.15) is 0 Å². The van der Waals surface area contributed by atoms with Crippen molar-refractivity contribution >= 4 is 29.5 Å². The summed E-state index contributed by atoms with van der Waals surface area (Å²) in [6.07, 6.45) is 3.05. The Bertz CT molecular complexity index is 1350. The molecule has 3 aliphatic carbocycles. The molecule has 5 aliphatic rings. The lowest BCUT2D eigenvalue weighted by Gasteiger charge is -2.64. The number of aliphatic hydroxyl groups is 1. The van der Waals surface area contributed by atoms with Crippen molar-refractivity contribution in [2.75, 3.05) is 13.7 Å². The Kier molecular flexibility index (Phi) is 7.87. The summed E-state index contributed by atoms with van der Waals surface area (Å²) < 4.78 is 22.1. The van der Waals surface area contributed by atoms with E-state index >= 15 is 0 Å². The number of Topliss-reactive ketones (excluding diaryl/α,β-unsaturated/α-hetero) is 2. The Hall–Kier alpha value is -3.11. The number of aliphatic hydroxyl groups excluding tert-OH is 1. The van der Waals surface area contributed by atoms with E-state index in [4.69, 9.17) is 18.9 Å². The average Bonchev–Trinajstić information content (AvgIpc) is 3.29. The first-order valence-corrected chi connectivity index (χ1v) is 15.0. The molecule has 0 aromatic carbocycles. The number of ketones is 2. The molecule has 0 aromatic rings. The minimum atomic E-state index is -1.40. The van der Waals surface area contributed by atoms with Gasteiger partial charge in [-0.15, -0.1) is 0 Å². The zero-order chi connectivity index (χ0) is 31.6. The van der Waals surface area contributed by atoms with Crippen molar-refractivity contribution in [1.29, 1.82) is 0 Å². The van der Waals surface area contributed by atoms with Crippen molar-refractivity contribution < 1.29 is 48.0 Å². The number of fused-ring (bicyclic) bond motifs is 6. The van der Waals surface area contributed by atoms with Gasteiger partial charge in [-0.25, -0.2) is 4.79 Å². The van der Waals surface area contributed by atoms with Crippen LogP contribution in [-0.2, 0) is 42.9 Å². The largest absolute Gasteiger partial charge is 0.469 e. The van der Waals surface area contributed by atoms with E-state index in [0.717, 1.165) is 5.57 Å². The molecule has 234 valence electrons. The average molecular weight is 599 g/mol. The third-order valence-electron chi connectivity index (χ3n) is 11.3. The molecule has 2 bridgehead atoms. The second-order valence-electron chi connectivity index (χ2n) is 13.8. The van der Waals surface area contributed by atoms with Gasteiger partial charge in [0.1, 0.15) is 18.5 Å². The highest BCUT2D eigenvalue weighted by Crippen LogP contribution is 2.67. The standard InChI is InChI=1S/C33H42O10/c1-8-16(2)22(34)15-41-28-18-11-17-20(33(6,27(18)38)23(31(28,3)4)14-24(35)40-7)9-10-32(5)21(17)13-26(37)42-29(32)19-12-25(36)43-30(19)39/h8,11-12,18,20-21,23,25,28-29,36H,9-10,13-15H2,1-7H3. The second kappa shape index (κ2) is 10.8. The SMILES string of the molecule is CC=C(C)C(=O)COC1C2C=C3C4CC(=O)OC(C5=CC(O)OC5=O)C4(C)CCC3C(C)(C2=O)C(CC(=O)OC)C1(C)C. The predicted octanol–water partition coefficient (Wildman–Crippen LogP) is 3.41. The van der Waals surface area contributed by atoms with Crippen LogP contribution in [0.15, 0.2) is 34.9 Å². The normalized spacial score (nSPS) is 40.0. The quantitative estimate of drug-likeness (QED) is 0.200. The first-order chi connectivity index (χ1) is 20.1. The number of ether oxygens (including phenoxy) is 4. The van der Waals surface area contributed by atoms with Gasteiger partial charge < -0.3 is 24.1 Å². The van der Waals surface area contributed by atoms with Crippen LogP contribution in [0.4, 0.5) is 0 Å². The minimum Gasteiger partial charge on any atom is -0.469 e. The van der Waals surface area contributed by atoms with Crippen LogP contribution in [0.5, 0.6) is 0 Å². The number of esters is 3. The Morgan fingerprint density at radius 1 is 1.09 bits per heavy atom. The molecule has 2 aliphatic heterocycles. The van der Waals surface area contributed by atoms with E-state index in [1.165, 1.54) is 13.2 Å². The smallest absolute Gasteiger partial charge is 0.340 e. The van der Waals surface area contributed by atoms with Gasteiger partial charge in [0.05, 0.1) is 31.1 Å². The zero-order valence-electron chi connectivity index (χ0n) is 25.9. The van der Waals surface area contributed by atoms with Crippen molar-refractivity contribution in [2.45, 2.75) is 85.7 Å². The summed E-state index contributed by atoms with van der Waals surface area (Å²) >= 11 is 0. The Labute approximate surface area is 251 Å². The number of hydrogen-bond donors (Lipinski definition) is 1. The maximum absolute atomic E-state index is 14.5. The Balaban J connectivity index is 1.62. The van der Waals surface area contributed by atoms with Crippen LogP contribution in [0.3, 0.4) is 0 Å². The Morgan fingerprint density at radius 2 is 1.79 bits per heavy atom. The van der Waals surface area contributed by atoms with Crippen LogP contribution in [0, 0.1) is 39.9 Å². The van der Waals surface area contributed by atoms with Crippen LogP contribution in [0.25, 0.3) is 0 Å². The fraction of sp³-hybridized carbons (Fsp3) is 0.667. The molecule has 2 heterocycles. The topological polar surface area (TPSA) is 142 Å². The van der Waals surface area contributed by atoms with Gasteiger partial charge in [0.15, 0.2) is 5.78 Å². The third-order valence-corrected chi connectivity index (χ3v) is 11.3. The lowest BCUT2D eigenvalue weighted by Crippen LogP contribution is -2.67. The molecule has 2 saturated carbocycles. The molecule has 10 heteroatoms. The molecular weight excluding hydrogens is 556 g/mol. The van der Waals surface area contributed by atoms with Crippen LogP contribution >= 0.6 is 0 Å². The molecule has 1 saturated heterocycles. The van der Waals surface area contributed by atoms with Crippen molar-refractivity contribution in [3.8, 4) is 0 Å². The highest BCUT2D eigenvalue weighted by atomic mass is 16.6. The van der Waals surface area contributed by atoms with Crippen LogP contribution < -0.4 is 0 Å². The van der Waals surface area contributed by atoms with Crippen LogP contribution in [0.1, 0.15) is 67.2 Å². The third kappa shape index (κ3) is 4.72. The molecule has 1 N–H and O–H groups in total. The number of hydrogen-bond acceptors (Lipinski definition) is 10. The van der Waals surface area contributed by atoms with E-state index in [-0.39, 0.29) is 48.4 Å². The van der Waals surface area contributed by atoms with Gasteiger partial charge in [-0.05, 0) is 61.5 Å². The summed E-state index contributed by atoms with van der Waals surface area (Å²) in [5.41, 5.74) is -0.789. The lowest BCUT2D eigenvalue weighted by atomic mass is 9.40. The molecule has 43 heavy (non-hydrogen) atoms. The highest BCUT2D eigenvalue weighted by Gasteiger charge is 2.68. The number of carbonyl (C=O) groups is 5. The van der Waals surface area contributed by atoms with Crippen molar-refractivity contribution in [2.24, 2.45) is 39.9 Å². The number of rotatable bonds is 7. The predicted molar refractivity (Wildman–Crippen MR) is 152 cm³/mol. The van der Waals surface area contributed by atoms with E-state index in [9.17, 15) is 29.1 Å². The van der Waals surface area contributed by atoms with Gasteiger partial charge in [0.25, 0.3) is 0 Å². The van der Waals surface area contributed by atoms with Gasteiger partial charge in [-0.1, -0.05) is 45.4 Å². The number of cyclic esters (lactones) is 2. The zero-order valence-corrected chi connectivity index (χ0v) is 25.9. The maximum atomic E-state index is 14.5. The molecule has 9 unspecified atom stereocenters. The van der Waals surface area contributed by atoms with E-state index < -0.39 is 64.5 Å². The molecule has 0 aromatic heterocycles. The van der Waals surface area contributed by atoms with Gasteiger partial charge in [0.2, 0.25) is 6.29 Å². The summed E-state index contributed by atoms with van der Waals surface area (Å²) in [5.74, 6) is -3.70. The highest BCUT2D eigenvalue weighted by molar-refractivity contribution is 5.96.